The van der Waals surface area contributed by atoms with Gasteiger partial charge in [0, 0.05) is 6.07 Å². The van der Waals surface area contributed by atoms with Crippen molar-refractivity contribution >= 4 is 0 Å². The normalized spacial score (nSPS) is 10.5. The third kappa shape index (κ3) is 1.98. The molecule has 0 aromatic carbocycles. The monoisotopic (exact) mass is 155 g/mol. The molecule has 0 N–H and O–H groups in total. The van der Waals surface area contributed by atoms with Crippen LogP contribution in [0.4, 0.5) is 0 Å². The van der Waals surface area contributed by atoms with Crippen LogP contribution in [0.25, 0.3) is 0 Å². The van der Waals surface area contributed by atoms with Gasteiger partial charge in [-0.25, -0.2) is 0 Å². The Labute approximate surface area is 66.6 Å². The molecule has 0 aliphatic heterocycles. The quantitative estimate of drug-likeness (QED) is 0.659. The Morgan fingerprint density at radius 3 is 2.82 bits per heavy atom. The number of ether oxygens (including phenoxy) is 1. The van der Waals surface area contributed by atoms with Crippen LogP contribution in [0.15, 0.2) is 16.7 Å². The lowest BCUT2D eigenvalue weighted by molar-refractivity contribution is 0.326. The van der Waals surface area contributed by atoms with Gasteiger partial charge in [-0.1, -0.05) is 0 Å². The van der Waals surface area contributed by atoms with Crippen molar-refractivity contribution in [3.8, 4) is 5.75 Å². The SMILES string of the molecule is COc1ccoc1CN(C)C. The van der Waals surface area contributed by atoms with Crippen LogP contribution in [0.5, 0.6) is 5.75 Å². The summed E-state index contributed by atoms with van der Waals surface area (Å²) in [4.78, 5) is 2.03. The Balaban J connectivity index is 2.68. The molecule has 1 rings (SSSR count). The van der Waals surface area contributed by atoms with E-state index in [4.69, 9.17) is 9.15 Å². The zero-order chi connectivity index (χ0) is 8.27. The molecule has 1 aromatic rings. The van der Waals surface area contributed by atoms with Gasteiger partial charge in [0.1, 0.15) is 0 Å². The van der Waals surface area contributed by atoms with E-state index < -0.39 is 0 Å². The smallest absolute Gasteiger partial charge is 0.161 e. The molecule has 0 atom stereocenters. The van der Waals surface area contributed by atoms with Gasteiger partial charge in [-0.3, -0.25) is 0 Å². The van der Waals surface area contributed by atoms with E-state index in [0.717, 1.165) is 18.1 Å². The van der Waals surface area contributed by atoms with E-state index in [1.807, 2.05) is 25.1 Å². The molecule has 3 nitrogen and oxygen atoms in total. The van der Waals surface area contributed by atoms with Gasteiger partial charge in [0.25, 0.3) is 0 Å². The Kier molecular flexibility index (Phi) is 2.54. The first-order chi connectivity index (χ1) is 5.24. The van der Waals surface area contributed by atoms with Crippen molar-refractivity contribution in [1.82, 2.24) is 4.90 Å². The molecule has 1 heterocycles. The molecule has 0 fully saturated rings. The average molecular weight is 155 g/mol. The van der Waals surface area contributed by atoms with E-state index in [2.05, 4.69) is 0 Å². The first-order valence-corrected chi connectivity index (χ1v) is 3.49. The van der Waals surface area contributed by atoms with Crippen LogP contribution in [0.2, 0.25) is 0 Å². The van der Waals surface area contributed by atoms with Crippen LogP contribution in [0.1, 0.15) is 5.76 Å². The summed E-state index contributed by atoms with van der Waals surface area (Å²) in [6.45, 7) is 0.774. The number of methoxy groups -OCH3 is 1. The maximum Gasteiger partial charge on any atom is 0.161 e. The fourth-order valence-corrected chi connectivity index (χ4v) is 0.913. The molecule has 0 bridgehead atoms. The summed E-state index contributed by atoms with van der Waals surface area (Å²) in [6, 6.07) is 1.82. The summed E-state index contributed by atoms with van der Waals surface area (Å²) >= 11 is 0. The van der Waals surface area contributed by atoms with Gasteiger partial charge < -0.3 is 14.1 Å². The number of hydrogen-bond acceptors (Lipinski definition) is 3. The number of hydrogen-bond donors (Lipinski definition) is 0. The lowest BCUT2D eigenvalue weighted by Crippen LogP contribution is -2.10. The summed E-state index contributed by atoms with van der Waals surface area (Å²) in [5.41, 5.74) is 0. The van der Waals surface area contributed by atoms with Crippen molar-refractivity contribution in [3.05, 3.63) is 18.1 Å². The van der Waals surface area contributed by atoms with E-state index in [0.29, 0.717) is 0 Å². The highest BCUT2D eigenvalue weighted by atomic mass is 16.5. The highest BCUT2D eigenvalue weighted by molar-refractivity contribution is 5.23. The summed E-state index contributed by atoms with van der Waals surface area (Å²) in [5.74, 6) is 1.69. The van der Waals surface area contributed by atoms with Crippen molar-refractivity contribution in [2.24, 2.45) is 0 Å². The van der Waals surface area contributed by atoms with E-state index in [1.165, 1.54) is 0 Å². The maximum atomic E-state index is 5.20. The van der Waals surface area contributed by atoms with Crippen molar-refractivity contribution in [1.29, 1.82) is 0 Å². The Morgan fingerprint density at radius 1 is 1.55 bits per heavy atom. The lowest BCUT2D eigenvalue weighted by atomic mass is 10.4. The first-order valence-electron chi connectivity index (χ1n) is 3.49. The van der Waals surface area contributed by atoms with Crippen LogP contribution in [-0.2, 0) is 6.54 Å². The molecule has 0 aliphatic rings. The second-order valence-corrected chi connectivity index (χ2v) is 2.65. The van der Waals surface area contributed by atoms with Crippen LogP contribution in [0.3, 0.4) is 0 Å². The Bertz CT molecular complexity index is 218. The lowest BCUT2D eigenvalue weighted by Gasteiger charge is -2.07. The average Bonchev–Trinajstić information content (AvgIpc) is 2.34. The minimum atomic E-state index is 0.774. The predicted molar refractivity (Wildman–Crippen MR) is 42.7 cm³/mol. The largest absolute Gasteiger partial charge is 0.493 e. The maximum absolute atomic E-state index is 5.20. The van der Waals surface area contributed by atoms with Crippen molar-refractivity contribution < 1.29 is 9.15 Å². The molecule has 0 aliphatic carbocycles. The van der Waals surface area contributed by atoms with Gasteiger partial charge in [-0.2, -0.15) is 0 Å². The van der Waals surface area contributed by atoms with E-state index in [1.54, 1.807) is 13.4 Å². The molecule has 0 saturated carbocycles. The minimum Gasteiger partial charge on any atom is -0.493 e. The van der Waals surface area contributed by atoms with Gasteiger partial charge in [-0.05, 0) is 14.1 Å². The second kappa shape index (κ2) is 3.44. The minimum absolute atomic E-state index is 0.774. The van der Waals surface area contributed by atoms with Gasteiger partial charge >= 0.3 is 0 Å². The molecule has 1 aromatic heterocycles. The van der Waals surface area contributed by atoms with Crippen molar-refractivity contribution in [2.75, 3.05) is 21.2 Å². The van der Waals surface area contributed by atoms with E-state index >= 15 is 0 Å². The molecule has 0 radical (unpaired) electrons. The zero-order valence-electron chi connectivity index (χ0n) is 7.13. The highest BCUT2D eigenvalue weighted by Gasteiger charge is 2.06. The van der Waals surface area contributed by atoms with E-state index in [9.17, 15) is 0 Å². The van der Waals surface area contributed by atoms with Crippen LogP contribution in [0, 0.1) is 0 Å². The molecule has 3 heteroatoms. The third-order valence-corrected chi connectivity index (χ3v) is 1.38. The highest BCUT2D eigenvalue weighted by Crippen LogP contribution is 2.19. The Morgan fingerprint density at radius 2 is 2.27 bits per heavy atom. The van der Waals surface area contributed by atoms with E-state index in [-0.39, 0.29) is 0 Å². The predicted octanol–water partition coefficient (Wildman–Crippen LogP) is 1.35. The fourth-order valence-electron chi connectivity index (χ4n) is 0.913. The fraction of sp³-hybridized carbons (Fsp3) is 0.500. The molecule has 0 saturated heterocycles. The Hall–Kier alpha value is -0.960. The molecule has 0 unspecified atom stereocenters. The topological polar surface area (TPSA) is 25.6 Å². The summed E-state index contributed by atoms with van der Waals surface area (Å²) in [5, 5.41) is 0. The van der Waals surface area contributed by atoms with Crippen molar-refractivity contribution in [3.63, 3.8) is 0 Å². The van der Waals surface area contributed by atoms with Crippen LogP contribution >= 0.6 is 0 Å². The third-order valence-electron chi connectivity index (χ3n) is 1.38. The molecule has 0 amide bonds. The summed E-state index contributed by atoms with van der Waals surface area (Å²) in [6.07, 6.45) is 1.64. The van der Waals surface area contributed by atoms with Gasteiger partial charge in [0.15, 0.2) is 11.5 Å². The molecule has 0 spiro atoms. The number of nitrogens with zero attached hydrogens (tertiary/aromatic N) is 1. The van der Waals surface area contributed by atoms with Gasteiger partial charge in [-0.15, -0.1) is 0 Å². The molecule has 62 valence electrons. The first kappa shape index (κ1) is 8.14. The van der Waals surface area contributed by atoms with Crippen LogP contribution < -0.4 is 4.74 Å². The summed E-state index contributed by atoms with van der Waals surface area (Å²) < 4.78 is 10.3. The molecule has 11 heavy (non-hydrogen) atoms. The molecular weight excluding hydrogens is 142 g/mol. The number of furan rings is 1. The zero-order valence-corrected chi connectivity index (χ0v) is 7.13. The standard InChI is InChI=1S/C8H13NO2/c1-9(2)6-8-7(10-3)4-5-11-8/h4-5H,6H2,1-3H3. The number of rotatable bonds is 3. The van der Waals surface area contributed by atoms with Crippen LogP contribution in [-0.4, -0.2) is 26.1 Å². The van der Waals surface area contributed by atoms with Crippen molar-refractivity contribution in [2.45, 2.75) is 6.54 Å². The van der Waals surface area contributed by atoms with Gasteiger partial charge in [0.05, 0.1) is 19.9 Å². The summed E-state index contributed by atoms with van der Waals surface area (Å²) in [7, 11) is 5.62. The molecular formula is C8H13NO2. The second-order valence-electron chi connectivity index (χ2n) is 2.65. The van der Waals surface area contributed by atoms with Gasteiger partial charge in [0.2, 0.25) is 0 Å².